The van der Waals surface area contributed by atoms with E-state index in [1.165, 1.54) is 0 Å². The molecule has 1 amide bonds. The molecule has 98 valence electrons. The molecule has 1 aromatic carbocycles. The molecule has 1 atom stereocenters. The fraction of sp³-hybridized carbons (Fsp3) is 0.462. The number of ether oxygens (including phenoxy) is 1. The third-order valence-electron chi connectivity index (χ3n) is 2.69. The molecule has 2 N–H and O–H groups in total. The first-order valence-corrected chi connectivity index (χ1v) is 6.22. The third kappa shape index (κ3) is 2.60. The fourth-order valence-electron chi connectivity index (χ4n) is 1.95. The number of nitrogens with zero attached hydrogens (tertiary/aromatic N) is 1. The summed E-state index contributed by atoms with van der Waals surface area (Å²) in [6.07, 6.45) is -0.499. The molecule has 1 heterocycles. The van der Waals surface area contributed by atoms with Gasteiger partial charge in [-0.15, -0.1) is 0 Å². The molecule has 0 aliphatic carbocycles. The molecule has 0 fully saturated rings. The van der Waals surface area contributed by atoms with Crippen molar-refractivity contribution in [2.45, 2.75) is 32.4 Å². The number of halogens is 1. The molecule has 0 saturated heterocycles. The molecule has 1 aliphatic rings. The predicted molar refractivity (Wildman–Crippen MR) is 72.2 cm³/mol. The summed E-state index contributed by atoms with van der Waals surface area (Å²) in [5.41, 5.74) is 6.21. The van der Waals surface area contributed by atoms with E-state index in [1.807, 2.05) is 13.8 Å². The van der Waals surface area contributed by atoms with Crippen LogP contribution in [0.2, 0.25) is 5.02 Å². The molecular weight excluding hydrogens is 252 g/mol. The van der Waals surface area contributed by atoms with Gasteiger partial charge in [-0.1, -0.05) is 11.6 Å². The zero-order chi connectivity index (χ0) is 13.5. The van der Waals surface area contributed by atoms with E-state index in [-0.39, 0.29) is 5.91 Å². The highest BCUT2D eigenvalue weighted by Crippen LogP contribution is 2.36. The van der Waals surface area contributed by atoms with Crippen LogP contribution >= 0.6 is 11.6 Å². The summed E-state index contributed by atoms with van der Waals surface area (Å²) in [5, 5.41) is 0.569. The molecule has 0 bridgehead atoms. The first-order chi connectivity index (χ1) is 8.28. The second-order valence-corrected chi connectivity index (χ2v) is 5.72. The highest BCUT2D eigenvalue weighted by Gasteiger charge is 2.33. The van der Waals surface area contributed by atoms with Gasteiger partial charge < -0.3 is 15.4 Å². The van der Waals surface area contributed by atoms with Gasteiger partial charge in [0.1, 0.15) is 5.75 Å². The summed E-state index contributed by atoms with van der Waals surface area (Å²) < 4.78 is 5.55. The van der Waals surface area contributed by atoms with Crippen LogP contribution in [0.3, 0.4) is 0 Å². The molecule has 1 aliphatic heterocycles. The largest absolute Gasteiger partial charge is 0.479 e. The molecule has 18 heavy (non-hydrogen) atoms. The topological polar surface area (TPSA) is 55.6 Å². The van der Waals surface area contributed by atoms with Gasteiger partial charge in [0.15, 0.2) is 6.10 Å². The van der Waals surface area contributed by atoms with Crippen molar-refractivity contribution < 1.29 is 9.53 Å². The normalized spacial score (nSPS) is 19.5. The molecular formula is C13H17ClN2O2. The van der Waals surface area contributed by atoms with Crippen LogP contribution in [0.25, 0.3) is 0 Å². The number of rotatable bonds is 2. The summed E-state index contributed by atoms with van der Waals surface area (Å²) in [7, 11) is 0. The van der Waals surface area contributed by atoms with Crippen molar-refractivity contribution in [2.75, 3.05) is 11.4 Å². The number of carbonyl (C=O) groups excluding carboxylic acids is 1. The first kappa shape index (κ1) is 13.2. The van der Waals surface area contributed by atoms with Gasteiger partial charge in [-0.2, -0.15) is 0 Å². The SMILES string of the molecule is CC1Oc2ccc(Cl)cc2N(CC(C)(C)N)C1=O. The van der Waals surface area contributed by atoms with Crippen LogP contribution in [-0.4, -0.2) is 24.1 Å². The van der Waals surface area contributed by atoms with Crippen molar-refractivity contribution in [2.24, 2.45) is 5.73 Å². The number of amides is 1. The minimum Gasteiger partial charge on any atom is -0.479 e. The monoisotopic (exact) mass is 268 g/mol. The van der Waals surface area contributed by atoms with Gasteiger partial charge in [0.2, 0.25) is 0 Å². The number of fused-ring (bicyclic) bond motifs is 1. The van der Waals surface area contributed by atoms with Gasteiger partial charge in [-0.3, -0.25) is 4.79 Å². The van der Waals surface area contributed by atoms with Gasteiger partial charge >= 0.3 is 0 Å². The van der Waals surface area contributed by atoms with E-state index < -0.39 is 11.6 Å². The molecule has 1 unspecified atom stereocenters. The summed E-state index contributed by atoms with van der Waals surface area (Å²) in [5.74, 6) is 0.569. The molecule has 0 radical (unpaired) electrons. The standard InChI is InChI=1S/C13H17ClN2O2/c1-8-12(17)16(7-13(2,3)15)10-6-9(14)4-5-11(10)18-8/h4-6,8H,7,15H2,1-3H3. The molecule has 1 aromatic rings. The van der Waals surface area contributed by atoms with Crippen molar-refractivity contribution in [3.8, 4) is 5.75 Å². The quantitative estimate of drug-likeness (QED) is 0.895. The maximum Gasteiger partial charge on any atom is 0.267 e. The van der Waals surface area contributed by atoms with Crippen molar-refractivity contribution in [1.29, 1.82) is 0 Å². The smallest absolute Gasteiger partial charge is 0.267 e. The van der Waals surface area contributed by atoms with Gasteiger partial charge in [0.25, 0.3) is 5.91 Å². The van der Waals surface area contributed by atoms with Crippen molar-refractivity contribution in [1.82, 2.24) is 0 Å². The van der Waals surface area contributed by atoms with E-state index in [0.717, 1.165) is 0 Å². The number of hydrogen-bond acceptors (Lipinski definition) is 3. The number of nitrogens with two attached hydrogens (primary N) is 1. The van der Waals surface area contributed by atoms with Gasteiger partial charge in [-0.05, 0) is 39.0 Å². The Kier molecular flexibility index (Phi) is 3.25. The van der Waals surface area contributed by atoms with Gasteiger partial charge in [-0.25, -0.2) is 0 Å². The summed E-state index contributed by atoms with van der Waals surface area (Å²) in [4.78, 5) is 13.8. The van der Waals surface area contributed by atoms with E-state index in [2.05, 4.69) is 0 Å². The highest BCUT2D eigenvalue weighted by molar-refractivity contribution is 6.31. The number of carbonyl (C=O) groups is 1. The minimum atomic E-state index is -0.499. The summed E-state index contributed by atoms with van der Waals surface area (Å²) in [6.45, 7) is 5.92. The zero-order valence-corrected chi connectivity index (χ0v) is 11.5. The lowest BCUT2D eigenvalue weighted by molar-refractivity contribution is -0.125. The Labute approximate surface area is 112 Å². The molecule has 0 aromatic heterocycles. The van der Waals surface area contributed by atoms with E-state index in [4.69, 9.17) is 22.1 Å². The average Bonchev–Trinajstić information content (AvgIpc) is 2.24. The minimum absolute atomic E-state index is 0.0942. The van der Waals surface area contributed by atoms with Crippen LogP contribution in [0, 0.1) is 0 Å². The second kappa shape index (κ2) is 4.44. The van der Waals surface area contributed by atoms with Crippen LogP contribution in [-0.2, 0) is 4.79 Å². The Hall–Kier alpha value is -1.26. The maximum absolute atomic E-state index is 12.2. The number of benzene rings is 1. The molecule has 0 spiro atoms. The first-order valence-electron chi connectivity index (χ1n) is 5.84. The lowest BCUT2D eigenvalue weighted by Crippen LogP contribution is -2.53. The van der Waals surface area contributed by atoms with E-state index in [0.29, 0.717) is 23.0 Å². The summed E-state index contributed by atoms with van der Waals surface area (Å²) in [6, 6.07) is 5.25. The van der Waals surface area contributed by atoms with Crippen LogP contribution in [0.5, 0.6) is 5.75 Å². The van der Waals surface area contributed by atoms with Crippen molar-refractivity contribution in [3.63, 3.8) is 0 Å². The van der Waals surface area contributed by atoms with E-state index in [9.17, 15) is 4.79 Å². The average molecular weight is 269 g/mol. The number of hydrogen-bond donors (Lipinski definition) is 1. The zero-order valence-electron chi connectivity index (χ0n) is 10.7. The Morgan fingerprint density at radius 3 is 2.78 bits per heavy atom. The summed E-state index contributed by atoms with van der Waals surface area (Å²) >= 11 is 5.97. The third-order valence-corrected chi connectivity index (χ3v) is 2.93. The van der Waals surface area contributed by atoms with E-state index in [1.54, 1.807) is 30.0 Å². The highest BCUT2D eigenvalue weighted by atomic mass is 35.5. The Bertz CT molecular complexity index is 482. The lowest BCUT2D eigenvalue weighted by Gasteiger charge is -2.36. The molecule has 2 rings (SSSR count). The van der Waals surface area contributed by atoms with Crippen LogP contribution in [0.1, 0.15) is 20.8 Å². The van der Waals surface area contributed by atoms with Gasteiger partial charge in [0, 0.05) is 17.1 Å². The van der Waals surface area contributed by atoms with Crippen LogP contribution in [0.4, 0.5) is 5.69 Å². The Morgan fingerprint density at radius 1 is 1.50 bits per heavy atom. The maximum atomic E-state index is 12.2. The molecule has 4 nitrogen and oxygen atoms in total. The predicted octanol–water partition coefficient (Wildman–Crippen LogP) is 2.19. The fourth-order valence-corrected chi connectivity index (χ4v) is 2.12. The van der Waals surface area contributed by atoms with Crippen LogP contribution in [0.15, 0.2) is 18.2 Å². The Morgan fingerprint density at radius 2 is 2.17 bits per heavy atom. The molecule has 5 heteroatoms. The second-order valence-electron chi connectivity index (χ2n) is 5.29. The van der Waals surface area contributed by atoms with E-state index >= 15 is 0 Å². The van der Waals surface area contributed by atoms with Crippen molar-refractivity contribution >= 4 is 23.2 Å². The Balaban J connectivity index is 2.44. The number of anilines is 1. The van der Waals surface area contributed by atoms with Crippen LogP contribution < -0.4 is 15.4 Å². The molecule has 0 saturated carbocycles. The van der Waals surface area contributed by atoms with Gasteiger partial charge in [0.05, 0.1) is 5.69 Å². The lowest BCUT2D eigenvalue weighted by atomic mass is 10.0. The van der Waals surface area contributed by atoms with Crippen molar-refractivity contribution in [3.05, 3.63) is 23.2 Å².